The van der Waals surface area contributed by atoms with E-state index in [2.05, 4.69) is 5.32 Å². The Balaban J connectivity index is 0.00000210. The number of benzene rings is 1. The zero-order valence-electron chi connectivity index (χ0n) is 15.5. The summed E-state index contributed by atoms with van der Waals surface area (Å²) in [6.45, 7) is 0. The van der Waals surface area contributed by atoms with Gasteiger partial charge in [0, 0.05) is 17.4 Å². The highest BCUT2D eigenvalue weighted by molar-refractivity contribution is 7.99. The Bertz CT molecular complexity index is 708. The van der Waals surface area contributed by atoms with Crippen LogP contribution >= 0.6 is 24.2 Å². The van der Waals surface area contributed by atoms with Crippen molar-refractivity contribution in [2.45, 2.75) is 57.0 Å². The molecule has 1 aromatic carbocycles. The molecule has 5 nitrogen and oxygen atoms in total. The lowest BCUT2D eigenvalue weighted by Crippen LogP contribution is -2.49. The molecule has 1 saturated carbocycles. The van der Waals surface area contributed by atoms with Crippen LogP contribution in [0.1, 0.15) is 55.7 Å². The van der Waals surface area contributed by atoms with Gasteiger partial charge < -0.3 is 16.0 Å². The largest absolute Gasteiger partial charge is 0.399 e. The van der Waals surface area contributed by atoms with Gasteiger partial charge in [0.1, 0.15) is 6.04 Å². The number of fused-ring (bicyclic) bond motifs is 1. The van der Waals surface area contributed by atoms with E-state index in [1.807, 2.05) is 23.1 Å². The number of halogens is 1. The molecule has 1 aromatic rings. The molecule has 1 aliphatic heterocycles. The Labute approximate surface area is 171 Å². The maximum absolute atomic E-state index is 13.0. The van der Waals surface area contributed by atoms with E-state index in [-0.39, 0.29) is 42.2 Å². The first-order valence-corrected chi connectivity index (χ1v) is 10.9. The van der Waals surface area contributed by atoms with Gasteiger partial charge in [-0.15, -0.1) is 24.2 Å². The Morgan fingerprint density at radius 2 is 1.93 bits per heavy atom. The van der Waals surface area contributed by atoms with E-state index < -0.39 is 0 Å². The van der Waals surface area contributed by atoms with Crippen molar-refractivity contribution >= 4 is 41.7 Å². The summed E-state index contributed by atoms with van der Waals surface area (Å²) in [7, 11) is 0. The summed E-state index contributed by atoms with van der Waals surface area (Å²) in [4.78, 5) is 27.6. The summed E-state index contributed by atoms with van der Waals surface area (Å²) in [5.74, 6) is 1.65. The molecule has 1 saturated heterocycles. The first-order valence-electron chi connectivity index (χ1n) is 9.70. The van der Waals surface area contributed by atoms with Crippen molar-refractivity contribution in [3.05, 3.63) is 29.3 Å². The number of nitrogens with two attached hydrogens (primary N) is 1. The van der Waals surface area contributed by atoms with Crippen LogP contribution in [0.3, 0.4) is 0 Å². The molecule has 2 amide bonds. The second-order valence-electron chi connectivity index (χ2n) is 7.72. The van der Waals surface area contributed by atoms with Crippen molar-refractivity contribution in [2.75, 3.05) is 17.4 Å². The zero-order valence-corrected chi connectivity index (χ0v) is 17.1. The van der Waals surface area contributed by atoms with Crippen LogP contribution in [0.4, 0.5) is 5.69 Å². The van der Waals surface area contributed by atoms with Gasteiger partial charge in [-0.2, -0.15) is 0 Å². The van der Waals surface area contributed by atoms with E-state index in [0.717, 1.165) is 50.6 Å². The third-order valence-electron chi connectivity index (χ3n) is 5.97. The number of thioether (sulfide) groups is 1. The van der Waals surface area contributed by atoms with Gasteiger partial charge in [0.25, 0.3) is 0 Å². The van der Waals surface area contributed by atoms with Crippen molar-refractivity contribution in [2.24, 2.45) is 5.92 Å². The fraction of sp³-hybridized carbons (Fsp3) is 0.600. The third kappa shape index (κ3) is 4.21. The summed E-state index contributed by atoms with van der Waals surface area (Å²) in [5.41, 5.74) is 9.10. The van der Waals surface area contributed by atoms with Gasteiger partial charge in [0.15, 0.2) is 0 Å². The van der Waals surface area contributed by atoms with Crippen LogP contribution in [0.25, 0.3) is 0 Å². The molecule has 4 rings (SSSR count). The van der Waals surface area contributed by atoms with E-state index >= 15 is 0 Å². The molecule has 0 spiro atoms. The van der Waals surface area contributed by atoms with Gasteiger partial charge in [-0.25, -0.2) is 0 Å². The number of rotatable bonds is 3. The number of hydrogen-bond donors (Lipinski definition) is 2. The van der Waals surface area contributed by atoms with Crippen molar-refractivity contribution < 1.29 is 9.59 Å². The molecular weight excluding hydrogens is 382 g/mol. The summed E-state index contributed by atoms with van der Waals surface area (Å²) in [5, 5.41) is 3.22. The van der Waals surface area contributed by atoms with Crippen molar-refractivity contribution in [3.8, 4) is 0 Å². The van der Waals surface area contributed by atoms with Gasteiger partial charge in [-0.05, 0) is 55.4 Å². The van der Waals surface area contributed by atoms with Crippen LogP contribution < -0.4 is 11.1 Å². The minimum Gasteiger partial charge on any atom is -0.399 e. The van der Waals surface area contributed by atoms with Crippen LogP contribution in [0, 0.1) is 5.92 Å². The number of hydrogen-bond acceptors (Lipinski definition) is 4. The van der Waals surface area contributed by atoms with Crippen LogP contribution in [0.15, 0.2) is 18.2 Å². The fourth-order valence-corrected chi connectivity index (χ4v) is 5.70. The van der Waals surface area contributed by atoms with E-state index in [4.69, 9.17) is 5.73 Å². The normalized spacial score (nSPS) is 25.0. The summed E-state index contributed by atoms with van der Waals surface area (Å²) >= 11 is 1.68. The van der Waals surface area contributed by atoms with Crippen LogP contribution in [0.2, 0.25) is 0 Å². The second-order valence-corrected chi connectivity index (χ2v) is 8.72. The Morgan fingerprint density at radius 1 is 1.15 bits per heavy atom. The molecule has 2 atom stereocenters. The highest BCUT2D eigenvalue weighted by atomic mass is 35.5. The number of anilines is 1. The van der Waals surface area contributed by atoms with E-state index in [0.29, 0.717) is 11.6 Å². The average molecular weight is 410 g/mol. The molecule has 7 heteroatoms. The number of nitrogens with one attached hydrogen (secondary N) is 1. The molecule has 0 radical (unpaired) electrons. The molecule has 27 heavy (non-hydrogen) atoms. The lowest BCUT2D eigenvalue weighted by Gasteiger charge is -2.30. The van der Waals surface area contributed by atoms with Gasteiger partial charge >= 0.3 is 0 Å². The molecule has 0 bridgehead atoms. The lowest BCUT2D eigenvalue weighted by atomic mass is 9.87. The molecule has 3 N–H and O–H groups in total. The lowest BCUT2D eigenvalue weighted by molar-refractivity contribution is -0.141. The number of amides is 2. The predicted molar refractivity (Wildman–Crippen MR) is 112 cm³/mol. The smallest absolute Gasteiger partial charge is 0.244 e. The summed E-state index contributed by atoms with van der Waals surface area (Å²) in [6, 6.07) is 5.67. The number of carbonyl (C=O) groups excluding carboxylic acids is 2. The Kier molecular flexibility index (Phi) is 6.58. The van der Waals surface area contributed by atoms with Gasteiger partial charge in [-0.3, -0.25) is 9.59 Å². The van der Waals surface area contributed by atoms with E-state index in [1.54, 1.807) is 11.8 Å². The van der Waals surface area contributed by atoms with Crippen LogP contribution in [-0.4, -0.2) is 34.4 Å². The Hall–Kier alpha value is -1.40. The maximum atomic E-state index is 13.0. The van der Waals surface area contributed by atoms with Crippen LogP contribution in [-0.2, 0) is 16.0 Å². The number of nitrogens with zero attached hydrogens (tertiary/aromatic N) is 1. The molecule has 148 valence electrons. The van der Waals surface area contributed by atoms with E-state index in [9.17, 15) is 9.59 Å². The minimum absolute atomic E-state index is 0. The SMILES string of the molecule is Cl.Nc1ccc2c(c1)CCCC2NC(=O)C1CSCN1C(=O)C1CCCC1. The van der Waals surface area contributed by atoms with Crippen LogP contribution in [0.5, 0.6) is 0 Å². The fourth-order valence-electron chi connectivity index (χ4n) is 4.54. The third-order valence-corrected chi connectivity index (χ3v) is 6.98. The molecule has 0 aromatic heterocycles. The first kappa shape index (κ1) is 20.3. The number of aryl methyl sites for hydroxylation is 1. The first-order chi connectivity index (χ1) is 12.6. The maximum Gasteiger partial charge on any atom is 0.244 e. The quantitative estimate of drug-likeness (QED) is 0.751. The van der Waals surface area contributed by atoms with E-state index in [1.165, 1.54) is 11.1 Å². The molecule has 2 unspecified atom stereocenters. The Morgan fingerprint density at radius 3 is 2.70 bits per heavy atom. The van der Waals surface area contributed by atoms with Crippen molar-refractivity contribution in [1.29, 1.82) is 0 Å². The molecule has 2 fully saturated rings. The number of nitrogen functional groups attached to an aromatic ring is 1. The summed E-state index contributed by atoms with van der Waals surface area (Å²) < 4.78 is 0. The summed E-state index contributed by atoms with van der Waals surface area (Å²) in [6.07, 6.45) is 7.23. The topological polar surface area (TPSA) is 75.4 Å². The predicted octanol–water partition coefficient (Wildman–Crippen LogP) is 3.28. The standard InChI is InChI=1S/C20H27N3O2S.ClH/c21-15-8-9-16-14(10-15)6-3-7-17(16)22-19(24)18-11-26-12-23(18)20(25)13-4-1-2-5-13;/h8-10,13,17-18H,1-7,11-12,21H2,(H,22,24);1H. The minimum atomic E-state index is -0.327. The molecule has 1 heterocycles. The molecule has 2 aliphatic carbocycles. The highest BCUT2D eigenvalue weighted by Gasteiger charge is 2.39. The van der Waals surface area contributed by atoms with Gasteiger partial charge in [-0.1, -0.05) is 18.9 Å². The highest BCUT2D eigenvalue weighted by Crippen LogP contribution is 2.33. The molecular formula is C20H28ClN3O2S. The monoisotopic (exact) mass is 409 g/mol. The number of carbonyl (C=O) groups is 2. The van der Waals surface area contributed by atoms with Gasteiger partial charge in [0.2, 0.25) is 11.8 Å². The van der Waals surface area contributed by atoms with Crippen molar-refractivity contribution in [1.82, 2.24) is 10.2 Å². The van der Waals surface area contributed by atoms with Gasteiger partial charge in [0.05, 0.1) is 11.9 Å². The molecule has 3 aliphatic rings. The zero-order chi connectivity index (χ0) is 18.1. The average Bonchev–Trinajstić information content (AvgIpc) is 3.33. The second kappa shape index (κ2) is 8.74. The van der Waals surface area contributed by atoms with Crippen molar-refractivity contribution in [3.63, 3.8) is 0 Å².